The van der Waals surface area contributed by atoms with Crippen LogP contribution < -0.4 is 0 Å². The average Bonchev–Trinajstić information content (AvgIpc) is 2.66. The Labute approximate surface area is 115 Å². The summed E-state index contributed by atoms with van der Waals surface area (Å²) in [6.45, 7) is 2.77. The number of hydrogen-bond donors (Lipinski definition) is 0. The minimum Gasteiger partial charge on any atom is -0.347 e. The maximum atomic E-state index is 11.2. The molecule has 0 aliphatic carbocycles. The Morgan fingerprint density at radius 3 is 3.06 bits per heavy atom. The van der Waals surface area contributed by atoms with Gasteiger partial charge in [-0.2, -0.15) is 0 Å². The number of rotatable bonds is 3. The van der Waals surface area contributed by atoms with Gasteiger partial charge in [-0.15, -0.1) is 0 Å². The Morgan fingerprint density at radius 2 is 2.28 bits per heavy atom. The SMILES string of the molecule is CC(=O)CCc1cn2c3c(cc(Br)cc13)CCC2. The van der Waals surface area contributed by atoms with Crippen molar-refractivity contribution < 1.29 is 4.79 Å². The van der Waals surface area contributed by atoms with Gasteiger partial charge >= 0.3 is 0 Å². The number of carbonyl (C=O) groups excluding carboxylic acids is 1. The first-order chi connectivity index (χ1) is 8.65. The zero-order valence-electron chi connectivity index (χ0n) is 10.5. The Hall–Kier alpha value is -1.09. The summed E-state index contributed by atoms with van der Waals surface area (Å²) in [6.07, 6.45) is 6.10. The van der Waals surface area contributed by atoms with Crippen molar-refractivity contribution in [1.82, 2.24) is 4.57 Å². The van der Waals surface area contributed by atoms with Crippen LogP contribution in [0.25, 0.3) is 10.9 Å². The largest absolute Gasteiger partial charge is 0.347 e. The smallest absolute Gasteiger partial charge is 0.130 e. The van der Waals surface area contributed by atoms with Gasteiger partial charge in [-0.05, 0) is 49.4 Å². The van der Waals surface area contributed by atoms with Gasteiger partial charge in [-0.25, -0.2) is 0 Å². The molecule has 0 atom stereocenters. The van der Waals surface area contributed by atoms with E-state index in [9.17, 15) is 4.79 Å². The van der Waals surface area contributed by atoms with E-state index < -0.39 is 0 Å². The number of Topliss-reactive ketones (excluding diaryl/α,β-unsaturated/α-hetero) is 1. The third-order valence-corrected chi connectivity index (χ3v) is 4.15. The van der Waals surface area contributed by atoms with E-state index in [1.807, 2.05) is 0 Å². The number of hydrogen-bond acceptors (Lipinski definition) is 1. The van der Waals surface area contributed by atoms with E-state index in [1.54, 1.807) is 6.92 Å². The molecule has 0 bridgehead atoms. The molecule has 0 fully saturated rings. The van der Waals surface area contributed by atoms with E-state index >= 15 is 0 Å². The Morgan fingerprint density at radius 1 is 1.44 bits per heavy atom. The summed E-state index contributed by atoms with van der Waals surface area (Å²) in [5.41, 5.74) is 4.12. The summed E-state index contributed by atoms with van der Waals surface area (Å²) in [7, 11) is 0. The first-order valence-corrected chi connectivity index (χ1v) is 7.24. The second kappa shape index (κ2) is 4.54. The second-order valence-electron chi connectivity index (χ2n) is 5.11. The molecule has 2 nitrogen and oxygen atoms in total. The van der Waals surface area contributed by atoms with Crippen molar-refractivity contribution in [2.75, 3.05) is 0 Å². The molecule has 2 aromatic rings. The minimum atomic E-state index is 0.265. The third-order valence-electron chi connectivity index (χ3n) is 3.69. The van der Waals surface area contributed by atoms with E-state index in [1.165, 1.54) is 28.5 Å². The van der Waals surface area contributed by atoms with Gasteiger partial charge in [-0.3, -0.25) is 0 Å². The summed E-state index contributed by atoms with van der Waals surface area (Å²) in [5.74, 6) is 0.265. The third kappa shape index (κ3) is 2.01. The van der Waals surface area contributed by atoms with Crippen LogP contribution in [-0.4, -0.2) is 10.4 Å². The molecule has 2 heterocycles. The Balaban J connectivity index is 2.13. The van der Waals surface area contributed by atoms with Crippen LogP contribution in [0.15, 0.2) is 22.8 Å². The lowest BCUT2D eigenvalue weighted by Gasteiger charge is -2.15. The molecule has 0 radical (unpaired) electrons. The molecule has 1 aromatic carbocycles. The lowest BCUT2D eigenvalue weighted by atomic mass is 10.0. The standard InChI is InChI=1S/C15H16BrNO/c1-10(18)4-5-12-9-17-6-2-3-11-7-13(16)8-14(12)15(11)17/h7-9H,2-6H2,1H3. The molecule has 0 N–H and O–H groups in total. The molecule has 1 aliphatic rings. The molecule has 0 unspecified atom stereocenters. The van der Waals surface area contributed by atoms with Crippen LogP contribution in [-0.2, 0) is 24.2 Å². The fourth-order valence-electron chi connectivity index (χ4n) is 2.88. The molecule has 0 spiro atoms. The summed E-state index contributed by atoms with van der Waals surface area (Å²) >= 11 is 3.60. The topological polar surface area (TPSA) is 22.0 Å². The van der Waals surface area contributed by atoms with E-state index in [2.05, 4.69) is 38.8 Å². The molecular formula is C15H16BrNO. The summed E-state index contributed by atoms with van der Waals surface area (Å²) in [6, 6.07) is 4.42. The van der Waals surface area contributed by atoms with Crippen molar-refractivity contribution in [1.29, 1.82) is 0 Å². The number of carbonyl (C=O) groups is 1. The molecule has 0 saturated carbocycles. The number of aryl methyl sites for hydroxylation is 3. The lowest BCUT2D eigenvalue weighted by molar-refractivity contribution is -0.116. The summed E-state index contributed by atoms with van der Waals surface area (Å²) in [5, 5.41) is 1.32. The van der Waals surface area contributed by atoms with E-state index in [0.717, 1.165) is 23.9 Å². The highest BCUT2D eigenvalue weighted by Gasteiger charge is 2.16. The van der Waals surface area contributed by atoms with Crippen LogP contribution in [0.1, 0.15) is 30.9 Å². The van der Waals surface area contributed by atoms with E-state index in [0.29, 0.717) is 6.42 Å². The van der Waals surface area contributed by atoms with Gasteiger partial charge < -0.3 is 9.36 Å². The van der Waals surface area contributed by atoms with Crippen molar-refractivity contribution in [2.45, 2.75) is 39.2 Å². The highest BCUT2D eigenvalue weighted by molar-refractivity contribution is 9.10. The maximum absolute atomic E-state index is 11.2. The lowest BCUT2D eigenvalue weighted by Crippen LogP contribution is -2.06. The van der Waals surface area contributed by atoms with Crippen LogP contribution in [0, 0.1) is 0 Å². The zero-order valence-corrected chi connectivity index (χ0v) is 12.1. The van der Waals surface area contributed by atoms with Crippen LogP contribution in [0.4, 0.5) is 0 Å². The predicted molar refractivity (Wildman–Crippen MR) is 77.0 cm³/mol. The molecule has 1 aliphatic heterocycles. The van der Waals surface area contributed by atoms with Crippen molar-refractivity contribution >= 4 is 32.6 Å². The van der Waals surface area contributed by atoms with Gasteiger partial charge in [0.1, 0.15) is 5.78 Å². The van der Waals surface area contributed by atoms with Crippen LogP contribution in [0.5, 0.6) is 0 Å². The van der Waals surface area contributed by atoms with Gasteiger partial charge in [0.25, 0.3) is 0 Å². The van der Waals surface area contributed by atoms with Crippen LogP contribution in [0.2, 0.25) is 0 Å². The van der Waals surface area contributed by atoms with Crippen LogP contribution >= 0.6 is 15.9 Å². The predicted octanol–water partition coefficient (Wildman–Crippen LogP) is 3.87. The molecule has 18 heavy (non-hydrogen) atoms. The Kier molecular flexibility index (Phi) is 3.02. The van der Waals surface area contributed by atoms with Crippen molar-refractivity contribution in [3.05, 3.63) is 33.9 Å². The first kappa shape index (κ1) is 12.0. The van der Waals surface area contributed by atoms with Crippen molar-refractivity contribution in [2.24, 2.45) is 0 Å². The number of benzene rings is 1. The maximum Gasteiger partial charge on any atom is 0.130 e. The van der Waals surface area contributed by atoms with Gasteiger partial charge in [0.15, 0.2) is 0 Å². The first-order valence-electron chi connectivity index (χ1n) is 6.45. The highest BCUT2D eigenvalue weighted by Crippen LogP contribution is 2.33. The van der Waals surface area contributed by atoms with E-state index in [4.69, 9.17) is 0 Å². The number of halogens is 1. The summed E-state index contributed by atoms with van der Waals surface area (Å²) in [4.78, 5) is 11.2. The molecular weight excluding hydrogens is 290 g/mol. The summed E-state index contributed by atoms with van der Waals surface area (Å²) < 4.78 is 3.50. The average molecular weight is 306 g/mol. The van der Waals surface area contributed by atoms with Gasteiger partial charge in [0, 0.05) is 29.0 Å². The monoisotopic (exact) mass is 305 g/mol. The fourth-order valence-corrected chi connectivity index (χ4v) is 3.38. The molecule has 0 saturated heterocycles. The van der Waals surface area contributed by atoms with Crippen LogP contribution in [0.3, 0.4) is 0 Å². The van der Waals surface area contributed by atoms with E-state index in [-0.39, 0.29) is 5.78 Å². The number of aromatic nitrogens is 1. The molecule has 1 aromatic heterocycles. The molecule has 3 rings (SSSR count). The van der Waals surface area contributed by atoms with Gasteiger partial charge in [0.05, 0.1) is 5.52 Å². The molecule has 3 heteroatoms. The fraction of sp³-hybridized carbons (Fsp3) is 0.400. The second-order valence-corrected chi connectivity index (χ2v) is 6.03. The molecule has 0 amide bonds. The van der Waals surface area contributed by atoms with Gasteiger partial charge in [-0.1, -0.05) is 15.9 Å². The number of nitrogens with zero attached hydrogens (tertiary/aromatic N) is 1. The zero-order chi connectivity index (χ0) is 12.7. The highest BCUT2D eigenvalue weighted by atomic mass is 79.9. The van der Waals surface area contributed by atoms with Crippen molar-refractivity contribution in [3.8, 4) is 0 Å². The van der Waals surface area contributed by atoms with Crippen molar-refractivity contribution in [3.63, 3.8) is 0 Å². The quantitative estimate of drug-likeness (QED) is 0.843. The van der Waals surface area contributed by atoms with Gasteiger partial charge in [0.2, 0.25) is 0 Å². The minimum absolute atomic E-state index is 0.265. The normalized spacial score (nSPS) is 14.1. The molecule has 94 valence electrons. The Bertz CT molecular complexity index is 627. The number of ketones is 1.